The predicted octanol–water partition coefficient (Wildman–Crippen LogP) is 2.63. The minimum absolute atomic E-state index is 0.0576. The number of nitro groups is 1. The summed E-state index contributed by atoms with van der Waals surface area (Å²) in [6.07, 6.45) is 0. The van der Waals surface area contributed by atoms with Gasteiger partial charge in [-0.15, -0.1) is 11.3 Å². The molecule has 0 spiro atoms. The molecule has 24 heavy (non-hydrogen) atoms. The van der Waals surface area contributed by atoms with Gasteiger partial charge in [-0.05, 0) is 25.1 Å². The summed E-state index contributed by atoms with van der Waals surface area (Å²) in [6, 6.07) is 8.59. The van der Waals surface area contributed by atoms with E-state index < -0.39 is 23.4 Å². The van der Waals surface area contributed by atoms with Gasteiger partial charge >= 0.3 is 5.97 Å². The average molecular weight is 345 g/mol. The van der Waals surface area contributed by atoms with Crippen molar-refractivity contribution in [2.45, 2.75) is 6.92 Å². The second-order valence-corrected chi connectivity index (χ2v) is 5.92. The van der Waals surface area contributed by atoms with Gasteiger partial charge in [0.2, 0.25) is 0 Å². The highest BCUT2D eigenvalue weighted by atomic mass is 32.1. The third-order valence-corrected chi connectivity index (χ3v) is 3.87. The lowest BCUT2D eigenvalue weighted by molar-refractivity contribution is -0.384. The third-order valence-electron chi connectivity index (χ3n) is 2.88. The number of aryl methyl sites for hydroxylation is 1. The fourth-order valence-corrected chi connectivity index (χ4v) is 2.54. The lowest BCUT2D eigenvalue weighted by Gasteiger charge is -2.07. The SMILES string of the molecule is Cc1ccc(C(=O)OCC(=O)Nc2ccc([N+](=O)[O-])cc2C#N)s1. The average Bonchev–Trinajstić information content (AvgIpc) is 2.99. The Bertz CT molecular complexity index is 853. The molecule has 0 aliphatic heterocycles. The lowest BCUT2D eigenvalue weighted by Crippen LogP contribution is -2.21. The first kappa shape index (κ1) is 17.1. The van der Waals surface area contributed by atoms with Crippen molar-refractivity contribution in [3.05, 3.63) is 55.8 Å². The van der Waals surface area contributed by atoms with Crippen molar-refractivity contribution in [3.8, 4) is 6.07 Å². The van der Waals surface area contributed by atoms with E-state index in [4.69, 9.17) is 10.00 Å². The number of carbonyl (C=O) groups excluding carboxylic acids is 2. The molecule has 0 saturated heterocycles. The van der Waals surface area contributed by atoms with Gasteiger partial charge < -0.3 is 10.1 Å². The molecule has 9 heteroatoms. The summed E-state index contributed by atoms with van der Waals surface area (Å²) in [5.74, 6) is -1.27. The topological polar surface area (TPSA) is 122 Å². The zero-order valence-corrected chi connectivity index (χ0v) is 13.3. The number of carbonyl (C=O) groups is 2. The van der Waals surface area contributed by atoms with Crippen LogP contribution in [0.2, 0.25) is 0 Å². The molecule has 1 heterocycles. The Morgan fingerprint density at radius 3 is 2.71 bits per heavy atom. The van der Waals surface area contributed by atoms with Crippen LogP contribution in [0.4, 0.5) is 11.4 Å². The number of nitrogens with one attached hydrogen (secondary N) is 1. The quantitative estimate of drug-likeness (QED) is 0.505. The number of amides is 1. The monoisotopic (exact) mass is 345 g/mol. The van der Waals surface area contributed by atoms with Crippen molar-refractivity contribution < 1.29 is 19.2 Å². The molecule has 0 unspecified atom stereocenters. The molecule has 0 fully saturated rings. The van der Waals surface area contributed by atoms with Crippen molar-refractivity contribution in [3.63, 3.8) is 0 Å². The van der Waals surface area contributed by atoms with Crippen LogP contribution in [0.3, 0.4) is 0 Å². The molecule has 2 rings (SSSR count). The molecule has 2 aromatic rings. The second-order valence-electron chi connectivity index (χ2n) is 4.63. The van der Waals surface area contributed by atoms with Crippen LogP contribution >= 0.6 is 11.3 Å². The van der Waals surface area contributed by atoms with Crippen molar-refractivity contribution in [2.24, 2.45) is 0 Å². The molecule has 1 N–H and O–H groups in total. The van der Waals surface area contributed by atoms with Gasteiger partial charge in [-0.3, -0.25) is 14.9 Å². The molecular weight excluding hydrogens is 334 g/mol. The van der Waals surface area contributed by atoms with Gasteiger partial charge in [0, 0.05) is 17.0 Å². The van der Waals surface area contributed by atoms with E-state index in [1.54, 1.807) is 18.2 Å². The van der Waals surface area contributed by atoms with Crippen molar-refractivity contribution >= 4 is 34.6 Å². The van der Waals surface area contributed by atoms with Gasteiger partial charge in [-0.25, -0.2) is 4.79 Å². The van der Waals surface area contributed by atoms with Gasteiger partial charge in [0.15, 0.2) is 6.61 Å². The molecule has 0 aliphatic carbocycles. The van der Waals surface area contributed by atoms with Gasteiger partial charge in [0.1, 0.15) is 10.9 Å². The van der Waals surface area contributed by atoms with Gasteiger partial charge in [0.25, 0.3) is 11.6 Å². The molecule has 1 amide bonds. The van der Waals surface area contributed by atoms with Crippen LogP contribution in [-0.2, 0) is 9.53 Å². The Hall–Kier alpha value is -3.25. The van der Waals surface area contributed by atoms with Crippen LogP contribution in [-0.4, -0.2) is 23.4 Å². The van der Waals surface area contributed by atoms with Crippen LogP contribution in [0.25, 0.3) is 0 Å². The van der Waals surface area contributed by atoms with Crippen LogP contribution < -0.4 is 5.32 Å². The minimum atomic E-state index is -0.651. The maximum absolute atomic E-state index is 11.8. The highest BCUT2D eigenvalue weighted by Crippen LogP contribution is 2.21. The van der Waals surface area contributed by atoms with E-state index in [-0.39, 0.29) is 16.9 Å². The number of nitrogens with zero attached hydrogens (tertiary/aromatic N) is 2. The largest absolute Gasteiger partial charge is 0.451 e. The fraction of sp³-hybridized carbons (Fsp3) is 0.133. The molecule has 0 saturated carbocycles. The van der Waals surface area contributed by atoms with Crippen LogP contribution in [0.15, 0.2) is 30.3 Å². The Labute approximate surface area is 140 Å². The number of thiophene rings is 1. The van der Waals surface area contributed by atoms with E-state index >= 15 is 0 Å². The smallest absolute Gasteiger partial charge is 0.348 e. The second kappa shape index (κ2) is 7.34. The van der Waals surface area contributed by atoms with E-state index in [0.29, 0.717) is 4.88 Å². The first-order valence-corrected chi connectivity index (χ1v) is 7.44. The highest BCUT2D eigenvalue weighted by molar-refractivity contribution is 7.13. The number of non-ortho nitro benzene ring substituents is 1. The minimum Gasteiger partial charge on any atom is -0.451 e. The predicted molar refractivity (Wildman–Crippen MR) is 85.8 cm³/mol. The van der Waals surface area contributed by atoms with Crippen molar-refractivity contribution in [2.75, 3.05) is 11.9 Å². The van der Waals surface area contributed by atoms with Crippen molar-refractivity contribution in [1.29, 1.82) is 5.26 Å². The molecule has 0 radical (unpaired) electrons. The van der Waals surface area contributed by atoms with Crippen LogP contribution in [0, 0.1) is 28.4 Å². The van der Waals surface area contributed by atoms with Gasteiger partial charge in [-0.2, -0.15) is 5.26 Å². The fourth-order valence-electron chi connectivity index (χ4n) is 1.78. The molecule has 0 aliphatic rings. The summed E-state index contributed by atoms with van der Waals surface area (Å²) in [5.41, 5.74) is -0.210. The molecule has 1 aromatic heterocycles. The summed E-state index contributed by atoms with van der Waals surface area (Å²) in [6.45, 7) is 1.31. The maximum atomic E-state index is 11.8. The lowest BCUT2D eigenvalue weighted by atomic mass is 10.1. The number of hydrogen-bond acceptors (Lipinski definition) is 7. The summed E-state index contributed by atoms with van der Waals surface area (Å²) in [7, 11) is 0. The third kappa shape index (κ3) is 4.15. The maximum Gasteiger partial charge on any atom is 0.348 e. The zero-order valence-electron chi connectivity index (χ0n) is 12.4. The molecule has 1 aromatic carbocycles. The number of nitriles is 1. The summed E-state index contributed by atoms with van der Waals surface area (Å²) in [4.78, 5) is 34.9. The Morgan fingerprint density at radius 2 is 2.12 bits per heavy atom. The Morgan fingerprint density at radius 1 is 1.38 bits per heavy atom. The highest BCUT2D eigenvalue weighted by Gasteiger charge is 2.15. The summed E-state index contributed by atoms with van der Waals surface area (Å²) >= 11 is 1.25. The van der Waals surface area contributed by atoms with E-state index in [1.165, 1.54) is 17.4 Å². The first-order chi connectivity index (χ1) is 11.4. The summed E-state index contributed by atoms with van der Waals surface area (Å²) in [5, 5.41) is 22.0. The van der Waals surface area contributed by atoms with E-state index in [2.05, 4.69) is 5.32 Å². The number of anilines is 1. The number of rotatable bonds is 5. The van der Waals surface area contributed by atoms with Crippen molar-refractivity contribution in [1.82, 2.24) is 0 Å². The molecular formula is C15H11N3O5S. The first-order valence-electron chi connectivity index (χ1n) is 6.62. The molecule has 0 atom stereocenters. The Kier molecular flexibility index (Phi) is 5.23. The molecule has 122 valence electrons. The summed E-state index contributed by atoms with van der Waals surface area (Å²) < 4.78 is 4.88. The molecule has 8 nitrogen and oxygen atoms in total. The number of benzene rings is 1. The van der Waals surface area contributed by atoms with E-state index in [0.717, 1.165) is 17.0 Å². The Balaban J connectivity index is 1.98. The molecule has 0 bridgehead atoms. The standard InChI is InChI=1S/C15H11N3O5S/c1-9-2-5-13(24-9)15(20)23-8-14(19)17-12-4-3-11(18(21)22)6-10(12)7-16/h2-6H,8H2,1H3,(H,17,19). The number of esters is 1. The zero-order chi connectivity index (χ0) is 17.7. The number of ether oxygens (including phenoxy) is 1. The number of hydrogen-bond donors (Lipinski definition) is 1. The van der Waals surface area contributed by atoms with E-state index in [1.807, 2.05) is 6.92 Å². The van der Waals surface area contributed by atoms with Crippen LogP contribution in [0.5, 0.6) is 0 Å². The van der Waals surface area contributed by atoms with Gasteiger partial charge in [-0.1, -0.05) is 0 Å². The number of nitro benzene ring substituents is 1. The van der Waals surface area contributed by atoms with Crippen LogP contribution in [0.1, 0.15) is 20.1 Å². The van der Waals surface area contributed by atoms with E-state index in [9.17, 15) is 19.7 Å². The van der Waals surface area contributed by atoms with Gasteiger partial charge in [0.05, 0.1) is 16.2 Å². The normalized spacial score (nSPS) is 9.83.